The molecule has 1 rings (SSSR count). The highest BCUT2D eigenvalue weighted by Crippen LogP contribution is 2.14. The van der Waals surface area contributed by atoms with Gasteiger partial charge in [-0.15, -0.1) is 0 Å². The summed E-state index contributed by atoms with van der Waals surface area (Å²) < 4.78 is 28.4. The normalized spacial score (nSPS) is 11.4. The Morgan fingerprint density at radius 1 is 1.19 bits per heavy atom. The van der Waals surface area contributed by atoms with E-state index in [2.05, 4.69) is 0 Å². The summed E-state index contributed by atoms with van der Waals surface area (Å²) in [7, 11) is -1.37. The van der Waals surface area contributed by atoms with Crippen LogP contribution in [0.3, 0.4) is 0 Å². The van der Waals surface area contributed by atoms with E-state index in [1.165, 1.54) is 0 Å². The topological polar surface area (TPSA) is 43.4 Å². The zero-order chi connectivity index (χ0) is 12.0. The van der Waals surface area contributed by atoms with E-state index in [1.807, 2.05) is 6.92 Å². The largest absolute Gasteiger partial charge is 0.497 e. The van der Waals surface area contributed by atoms with Crippen molar-refractivity contribution in [3.63, 3.8) is 0 Å². The maximum atomic E-state index is 11.7. The Morgan fingerprint density at radius 3 is 2.31 bits per heavy atom. The molecular weight excluding hydrogens is 224 g/mol. The second kappa shape index (κ2) is 5.89. The second-order valence-electron chi connectivity index (χ2n) is 3.79. The van der Waals surface area contributed by atoms with Crippen LogP contribution in [0.1, 0.15) is 25.3 Å². The summed E-state index contributed by atoms with van der Waals surface area (Å²) in [5.41, 5.74) is 0.817. The summed E-state index contributed by atoms with van der Waals surface area (Å²) in [6, 6.07) is 7.15. The predicted octanol–water partition coefficient (Wildman–Crippen LogP) is 2.41. The second-order valence-corrected chi connectivity index (χ2v) is 5.98. The van der Waals surface area contributed by atoms with Crippen LogP contribution in [0.4, 0.5) is 0 Å². The molecule has 0 bridgehead atoms. The molecule has 4 heteroatoms. The highest BCUT2D eigenvalue weighted by molar-refractivity contribution is 7.90. The number of hydrogen-bond donors (Lipinski definition) is 0. The number of methoxy groups -OCH3 is 1. The highest BCUT2D eigenvalue weighted by Gasteiger charge is 2.10. The lowest BCUT2D eigenvalue weighted by atomic mass is 10.2. The molecule has 1 aromatic rings. The van der Waals surface area contributed by atoms with Gasteiger partial charge in [0.1, 0.15) is 5.75 Å². The Hall–Kier alpha value is -1.03. The Kier molecular flexibility index (Phi) is 4.80. The molecule has 1 aromatic carbocycles. The molecule has 0 amide bonds. The molecule has 16 heavy (non-hydrogen) atoms. The molecule has 0 radical (unpaired) electrons. The molecule has 0 unspecified atom stereocenters. The lowest BCUT2D eigenvalue weighted by Crippen LogP contribution is -2.09. The molecule has 0 heterocycles. The van der Waals surface area contributed by atoms with Gasteiger partial charge in [0.25, 0.3) is 0 Å². The number of benzene rings is 1. The molecule has 0 spiro atoms. The van der Waals surface area contributed by atoms with E-state index >= 15 is 0 Å². The Bertz CT molecular complexity index is 406. The first kappa shape index (κ1) is 13.0. The maximum Gasteiger partial charge on any atom is 0.154 e. The Balaban J connectivity index is 2.65. The van der Waals surface area contributed by atoms with E-state index in [4.69, 9.17) is 4.74 Å². The molecule has 0 aliphatic rings. The van der Waals surface area contributed by atoms with Crippen LogP contribution >= 0.6 is 0 Å². The van der Waals surface area contributed by atoms with Crippen molar-refractivity contribution in [1.29, 1.82) is 0 Å². The fourth-order valence-corrected chi connectivity index (χ4v) is 2.99. The number of sulfone groups is 1. The van der Waals surface area contributed by atoms with Gasteiger partial charge < -0.3 is 4.74 Å². The van der Waals surface area contributed by atoms with E-state index in [9.17, 15) is 8.42 Å². The number of rotatable bonds is 6. The van der Waals surface area contributed by atoms with E-state index in [0.29, 0.717) is 0 Å². The van der Waals surface area contributed by atoms with Gasteiger partial charge in [0.15, 0.2) is 9.84 Å². The van der Waals surface area contributed by atoms with Crippen LogP contribution < -0.4 is 4.74 Å². The van der Waals surface area contributed by atoms with Gasteiger partial charge in [-0.25, -0.2) is 8.42 Å². The third-order valence-electron chi connectivity index (χ3n) is 2.35. The van der Waals surface area contributed by atoms with Crippen molar-refractivity contribution in [2.75, 3.05) is 12.9 Å². The van der Waals surface area contributed by atoms with Gasteiger partial charge in [0, 0.05) is 0 Å². The average molecular weight is 242 g/mol. The van der Waals surface area contributed by atoms with Crippen molar-refractivity contribution < 1.29 is 13.2 Å². The van der Waals surface area contributed by atoms with Crippen molar-refractivity contribution in [3.05, 3.63) is 29.8 Å². The SMILES string of the molecule is CCCCS(=O)(=O)Cc1ccc(OC)cc1. The molecule has 0 saturated carbocycles. The van der Waals surface area contributed by atoms with Gasteiger partial charge in [-0.3, -0.25) is 0 Å². The van der Waals surface area contributed by atoms with Crippen molar-refractivity contribution in [3.8, 4) is 5.75 Å². The molecule has 90 valence electrons. The van der Waals surface area contributed by atoms with Crippen LogP contribution in [-0.4, -0.2) is 21.3 Å². The molecule has 0 aliphatic carbocycles. The molecule has 3 nitrogen and oxygen atoms in total. The van der Waals surface area contributed by atoms with Crippen LogP contribution in [-0.2, 0) is 15.6 Å². The predicted molar refractivity (Wildman–Crippen MR) is 65.4 cm³/mol. The minimum absolute atomic E-state index is 0.122. The number of ether oxygens (including phenoxy) is 1. The number of unbranched alkanes of at least 4 members (excludes halogenated alkanes) is 1. The van der Waals surface area contributed by atoms with Crippen molar-refractivity contribution in [2.45, 2.75) is 25.5 Å². The molecule has 0 aromatic heterocycles. The summed E-state index contributed by atoms with van der Waals surface area (Å²) >= 11 is 0. The molecular formula is C12H18O3S. The lowest BCUT2D eigenvalue weighted by Gasteiger charge is -2.05. The Morgan fingerprint density at radius 2 is 1.81 bits per heavy atom. The maximum absolute atomic E-state index is 11.7. The van der Waals surface area contributed by atoms with E-state index in [-0.39, 0.29) is 11.5 Å². The monoisotopic (exact) mass is 242 g/mol. The third-order valence-corrected chi connectivity index (χ3v) is 4.04. The van der Waals surface area contributed by atoms with E-state index < -0.39 is 9.84 Å². The standard InChI is InChI=1S/C12H18O3S/c1-3-4-9-16(13,14)10-11-5-7-12(15-2)8-6-11/h5-8H,3-4,9-10H2,1-2H3. The third kappa shape index (κ3) is 4.23. The fourth-order valence-electron chi connectivity index (χ4n) is 1.41. The van der Waals surface area contributed by atoms with Crippen molar-refractivity contribution >= 4 is 9.84 Å². The minimum atomic E-state index is -2.96. The molecule has 0 fully saturated rings. The van der Waals surface area contributed by atoms with Crippen molar-refractivity contribution in [2.24, 2.45) is 0 Å². The van der Waals surface area contributed by atoms with Crippen LogP contribution in [0, 0.1) is 0 Å². The van der Waals surface area contributed by atoms with Crippen LogP contribution in [0.15, 0.2) is 24.3 Å². The summed E-state index contributed by atoms with van der Waals surface area (Å²) in [4.78, 5) is 0. The lowest BCUT2D eigenvalue weighted by molar-refractivity contribution is 0.414. The van der Waals surface area contributed by atoms with Crippen LogP contribution in [0.5, 0.6) is 5.75 Å². The molecule has 0 N–H and O–H groups in total. The Labute approximate surface area is 97.4 Å². The average Bonchev–Trinajstić information content (AvgIpc) is 2.27. The first-order chi connectivity index (χ1) is 7.57. The smallest absolute Gasteiger partial charge is 0.154 e. The van der Waals surface area contributed by atoms with Gasteiger partial charge in [0.2, 0.25) is 0 Å². The zero-order valence-corrected chi connectivity index (χ0v) is 10.6. The van der Waals surface area contributed by atoms with Crippen molar-refractivity contribution in [1.82, 2.24) is 0 Å². The summed E-state index contributed by atoms with van der Waals surface area (Å²) in [6.07, 6.45) is 1.64. The minimum Gasteiger partial charge on any atom is -0.497 e. The zero-order valence-electron chi connectivity index (χ0n) is 9.77. The van der Waals surface area contributed by atoms with Gasteiger partial charge in [-0.05, 0) is 24.1 Å². The van der Waals surface area contributed by atoms with E-state index in [1.54, 1.807) is 31.4 Å². The molecule has 0 atom stereocenters. The van der Waals surface area contributed by atoms with Gasteiger partial charge >= 0.3 is 0 Å². The first-order valence-corrected chi connectivity index (χ1v) is 7.23. The highest BCUT2D eigenvalue weighted by atomic mass is 32.2. The number of hydrogen-bond acceptors (Lipinski definition) is 3. The molecule has 0 aliphatic heterocycles. The van der Waals surface area contributed by atoms with Crippen LogP contribution in [0.2, 0.25) is 0 Å². The summed E-state index contributed by atoms with van der Waals surface area (Å²) in [5, 5.41) is 0. The molecule has 0 saturated heterocycles. The fraction of sp³-hybridized carbons (Fsp3) is 0.500. The van der Waals surface area contributed by atoms with Gasteiger partial charge in [-0.1, -0.05) is 25.5 Å². The summed E-state index contributed by atoms with van der Waals surface area (Å²) in [6.45, 7) is 1.99. The van der Waals surface area contributed by atoms with Crippen LogP contribution in [0.25, 0.3) is 0 Å². The summed E-state index contributed by atoms with van der Waals surface area (Å²) in [5.74, 6) is 1.14. The quantitative estimate of drug-likeness (QED) is 0.769. The van der Waals surface area contributed by atoms with E-state index in [0.717, 1.165) is 24.2 Å². The van der Waals surface area contributed by atoms with Gasteiger partial charge in [-0.2, -0.15) is 0 Å². The van der Waals surface area contributed by atoms with Gasteiger partial charge in [0.05, 0.1) is 18.6 Å². The first-order valence-electron chi connectivity index (χ1n) is 5.41.